The Balaban J connectivity index is 2.64. The quantitative estimate of drug-likeness (QED) is 0.587. The van der Waals surface area contributed by atoms with Crippen LogP contribution < -0.4 is 0 Å². The molecule has 0 heterocycles. The summed E-state index contributed by atoms with van der Waals surface area (Å²) >= 11 is 0. The molecule has 2 heteroatoms. The lowest BCUT2D eigenvalue weighted by molar-refractivity contribution is -0.315. The van der Waals surface area contributed by atoms with E-state index in [2.05, 4.69) is 23.9 Å². The van der Waals surface area contributed by atoms with Gasteiger partial charge >= 0.3 is 0 Å². The summed E-state index contributed by atoms with van der Waals surface area (Å²) in [5.41, 5.74) is 0.799. The van der Waals surface area contributed by atoms with E-state index < -0.39 is 5.60 Å². The second kappa shape index (κ2) is 4.58. The van der Waals surface area contributed by atoms with Crippen LogP contribution in [0.5, 0.6) is 0 Å². The molecule has 0 saturated carbocycles. The highest BCUT2D eigenvalue weighted by atomic mass is 17.1. The predicted molar refractivity (Wildman–Crippen MR) is 57.3 cm³/mol. The lowest BCUT2D eigenvalue weighted by Gasteiger charge is -2.24. The Hall–Kier alpha value is -0.860. The van der Waals surface area contributed by atoms with Gasteiger partial charge in [0, 0.05) is 0 Å². The van der Waals surface area contributed by atoms with E-state index in [9.17, 15) is 0 Å². The van der Waals surface area contributed by atoms with Crippen LogP contribution in [0.15, 0.2) is 30.3 Å². The third-order valence-electron chi connectivity index (χ3n) is 2.41. The molecule has 14 heavy (non-hydrogen) atoms. The van der Waals surface area contributed by atoms with E-state index in [1.165, 1.54) is 5.56 Å². The number of hydrogen-bond acceptors (Lipinski definition) is 2. The summed E-state index contributed by atoms with van der Waals surface area (Å²) in [7, 11) is 0. The first-order valence-electron chi connectivity index (χ1n) is 4.93. The van der Waals surface area contributed by atoms with Gasteiger partial charge in [0.05, 0.1) is 5.60 Å². The maximum absolute atomic E-state index is 8.69. The Bertz CT molecular complexity index is 267. The molecule has 1 aromatic carbocycles. The average Bonchev–Trinajstić information content (AvgIpc) is 2.19. The van der Waals surface area contributed by atoms with E-state index in [0.29, 0.717) is 5.92 Å². The molecule has 1 aromatic rings. The molecular weight excluding hydrogens is 176 g/mol. The van der Waals surface area contributed by atoms with Gasteiger partial charge in [-0.2, -0.15) is 0 Å². The Morgan fingerprint density at radius 1 is 1.29 bits per heavy atom. The first kappa shape index (κ1) is 11.2. The molecule has 0 amide bonds. The van der Waals surface area contributed by atoms with Gasteiger partial charge in [0.1, 0.15) is 0 Å². The summed E-state index contributed by atoms with van der Waals surface area (Å²) < 4.78 is 0. The van der Waals surface area contributed by atoms with Gasteiger partial charge in [0.25, 0.3) is 0 Å². The van der Waals surface area contributed by atoms with Crippen molar-refractivity contribution in [3.63, 3.8) is 0 Å². The number of hydrogen-bond donors (Lipinski definition) is 1. The zero-order chi connectivity index (χ0) is 10.6. The van der Waals surface area contributed by atoms with Crippen molar-refractivity contribution >= 4 is 0 Å². The monoisotopic (exact) mass is 194 g/mol. The van der Waals surface area contributed by atoms with Crippen LogP contribution in [0.4, 0.5) is 0 Å². The van der Waals surface area contributed by atoms with Crippen molar-refractivity contribution < 1.29 is 10.1 Å². The fourth-order valence-corrected chi connectivity index (χ4v) is 1.67. The molecule has 2 nitrogen and oxygen atoms in total. The highest BCUT2D eigenvalue weighted by Gasteiger charge is 2.22. The Kier molecular flexibility index (Phi) is 3.67. The highest BCUT2D eigenvalue weighted by Crippen LogP contribution is 2.26. The van der Waals surface area contributed by atoms with Crippen molar-refractivity contribution in [2.75, 3.05) is 0 Å². The normalized spacial score (nSPS) is 14.0. The third-order valence-corrected chi connectivity index (χ3v) is 2.41. The fourth-order valence-electron chi connectivity index (χ4n) is 1.67. The van der Waals surface area contributed by atoms with Gasteiger partial charge in [-0.25, -0.2) is 4.89 Å². The number of benzene rings is 1. The fraction of sp³-hybridized carbons (Fsp3) is 0.500. The zero-order valence-electron chi connectivity index (χ0n) is 9.03. The summed E-state index contributed by atoms with van der Waals surface area (Å²) in [5, 5.41) is 8.69. The van der Waals surface area contributed by atoms with Crippen molar-refractivity contribution in [1.82, 2.24) is 0 Å². The summed E-state index contributed by atoms with van der Waals surface area (Å²) in [6.45, 7) is 5.90. The Morgan fingerprint density at radius 3 is 2.36 bits per heavy atom. The minimum atomic E-state index is -0.477. The van der Waals surface area contributed by atoms with Crippen LogP contribution >= 0.6 is 0 Å². The largest absolute Gasteiger partial charge is 0.251 e. The van der Waals surface area contributed by atoms with E-state index >= 15 is 0 Å². The van der Waals surface area contributed by atoms with E-state index in [0.717, 1.165) is 6.42 Å². The van der Waals surface area contributed by atoms with Gasteiger partial charge in [-0.3, -0.25) is 5.26 Å². The van der Waals surface area contributed by atoms with Crippen molar-refractivity contribution in [2.24, 2.45) is 0 Å². The van der Waals surface area contributed by atoms with E-state index in [-0.39, 0.29) is 0 Å². The van der Waals surface area contributed by atoms with Crippen LogP contribution in [0, 0.1) is 0 Å². The van der Waals surface area contributed by atoms with Gasteiger partial charge in [0.2, 0.25) is 0 Å². The maximum Gasteiger partial charge on any atom is 0.0983 e. The molecular formula is C12H18O2. The van der Waals surface area contributed by atoms with Crippen LogP contribution in [0.2, 0.25) is 0 Å². The van der Waals surface area contributed by atoms with Crippen LogP contribution in [0.3, 0.4) is 0 Å². The van der Waals surface area contributed by atoms with Gasteiger partial charge in [-0.15, -0.1) is 0 Å². The van der Waals surface area contributed by atoms with E-state index in [1.54, 1.807) is 0 Å². The molecule has 0 radical (unpaired) electrons. The lowest BCUT2D eigenvalue weighted by atomic mass is 9.89. The van der Waals surface area contributed by atoms with E-state index in [4.69, 9.17) is 5.26 Å². The topological polar surface area (TPSA) is 29.5 Å². The van der Waals surface area contributed by atoms with Crippen molar-refractivity contribution in [3.05, 3.63) is 35.9 Å². The first-order chi connectivity index (χ1) is 6.55. The molecule has 0 aliphatic carbocycles. The van der Waals surface area contributed by atoms with Crippen molar-refractivity contribution in [1.29, 1.82) is 0 Å². The van der Waals surface area contributed by atoms with Gasteiger partial charge in [-0.1, -0.05) is 37.3 Å². The van der Waals surface area contributed by atoms with Crippen LogP contribution in [-0.2, 0) is 4.89 Å². The summed E-state index contributed by atoms with van der Waals surface area (Å²) in [6.07, 6.45) is 0.799. The lowest BCUT2D eigenvalue weighted by Crippen LogP contribution is -2.24. The molecule has 0 aliphatic rings. The van der Waals surface area contributed by atoms with Crippen LogP contribution in [-0.4, -0.2) is 10.9 Å². The highest BCUT2D eigenvalue weighted by molar-refractivity contribution is 5.19. The van der Waals surface area contributed by atoms with Crippen molar-refractivity contribution in [2.45, 2.75) is 38.7 Å². The second-order valence-corrected chi connectivity index (χ2v) is 4.37. The molecule has 0 saturated heterocycles. The molecule has 78 valence electrons. The van der Waals surface area contributed by atoms with Gasteiger partial charge in [0.15, 0.2) is 0 Å². The molecule has 1 N–H and O–H groups in total. The third kappa shape index (κ3) is 3.13. The van der Waals surface area contributed by atoms with Gasteiger partial charge < -0.3 is 0 Å². The Labute approximate surface area is 85.5 Å². The second-order valence-electron chi connectivity index (χ2n) is 4.37. The molecule has 0 fully saturated rings. The van der Waals surface area contributed by atoms with Crippen molar-refractivity contribution in [3.8, 4) is 0 Å². The zero-order valence-corrected chi connectivity index (χ0v) is 9.03. The minimum Gasteiger partial charge on any atom is -0.251 e. The SMILES string of the molecule is CC(CC(C)(C)OO)c1ccccc1. The molecule has 0 aromatic heterocycles. The van der Waals surface area contributed by atoms with Crippen LogP contribution in [0.25, 0.3) is 0 Å². The van der Waals surface area contributed by atoms with Crippen LogP contribution in [0.1, 0.15) is 38.7 Å². The molecule has 0 aliphatic heterocycles. The summed E-state index contributed by atoms with van der Waals surface area (Å²) in [6, 6.07) is 10.2. The first-order valence-corrected chi connectivity index (χ1v) is 4.93. The van der Waals surface area contributed by atoms with Gasteiger partial charge in [-0.05, 0) is 31.7 Å². The molecule has 0 bridgehead atoms. The standard InChI is InChI=1S/C12H18O2/c1-10(9-12(2,3)14-13)11-7-5-4-6-8-11/h4-8,10,13H,9H2,1-3H3. The average molecular weight is 194 g/mol. The number of rotatable bonds is 4. The summed E-state index contributed by atoms with van der Waals surface area (Å²) in [4.78, 5) is 4.43. The maximum atomic E-state index is 8.69. The predicted octanol–water partition coefficient (Wildman–Crippen LogP) is 3.45. The Morgan fingerprint density at radius 2 is 1.86 bits per heavy atom. The summed E-state index contributed by atoms with van der Waals surface area (Å²) in [5.74, 6) is 0.387. The van der Waals surface area contributed by atoms with E-state index in [1.807, 2.05) is 32.0 Å². The molecule has 0 spiro atoms. The molecule has 1 unspecified atom stereocenters. The molecule has 1 atom stereocenters. The minimum absolute atomic E-state index is 0.387. The molecule has 1 rings (SSSR count). The smallest absolute Gasteiger partial charge is 0.0983 e.